The zero-order chi connectivity index (χ0) is 10.4. The summed E-state index contributed by atoms with van der Waals surface area (Å²) < 4.78 is 2.44. The van der Waals surface area contributed by atoms with E-state index in [0.717, 1.165) is 18.9 Å². The summed E-state index contributed by atoms with van der Waals surface area (Å²) in [6.45, 7) is 3.26. The summed E-state index contributed by atoms with van der Waals surface area (Å²) >= 11 is 0. The summed E-state index contributed by atoms with van der Waals surface area (Å²) in [6, 6.07) is 0.318. The molecule has 0 bridgehead atoms. The Hall–Kier alpha value is -0.830. The van der Waals surface area contributed by atoms with Crippen molar-refractivity contribution in [1.82, 2.24) is 9.55 Å². The third-order valence-electron chi connectivity index (χ3n) is 3.85. The first kappa shape index (κ1) is 9.40. The molecule has 0 saturated heterocycles. The van der Waals surface area contributed by atoms with E-state index in [1.54, 1.807) is 0 Å². The van der Waals surface area contributed by atoms with Crippen molar-refractivity contribution in [2.24, 2.45) is 11.7 Å². The molecule has 1 saturated carbocycles. The lowest BCUT2D eigenvalue weighted by Crippen LogP contribution is -2.33. The maximum absolute atomic E-state index is 5.97. The summed E-state index contributed by atoms with van der Waals surface area (Å²) in [5.41, 5.74) is 7.38. The fourth-order valence-corrected chi connectivity index (χ4v) is 2.63. The third kappa shape index (κ3) is 1.59. The van der Waals surface area contributed by atoms with Gasteiger partial charge in [0.15, 0.2) is 0 Å². The lowest BCUT2D eigenvalue weighted by atomic mass is 9.90. The van der Waals surface area contributed by atoms with E-state index in [4.69, 9.17) is 5.73 Å². The fourth-order valence-electron chi connectivity index (χ4n) is 2.63. The van der Waals surface area contributed by atoms with Crippen LogP contribution in [0.1, 0.15) is 43.6 Å². The molecule has 1 aromatic heterocycles. The van der Waals surface area contributed by atoms with Crippen LogP contribution in [0.3, 0.4) is 0 Å². The Morgan fingerprint density at radius 3 is 2.93 bits per heavy atom. The molecule has 2 unspecified atom stereocenters. The minimum Gasteiger partial charge on any atom is -0.332 e. The summed E-state index contributed by atoms with van der Waals surface area (Å²) in [6.07, 6.45) is 7.10. The van der Waals surface area contributed by atoms with Crippen LogP contribution < -0.4 is 5.73 Å². The summed E-state index contributed by atoms with van der Waals surface area (Å²) in [5, 5.41) is 0. The van der Waals surface area contributed by atoms with Crippen molar-refractivity contribution >= 4 is 0 Å². The van der Waals surface area contributed by atoms with E-state index in [2.05, 4.69) is 22.7 Å². The van der Waals surface area contributed by atoms with E-state index in [1.165, 1.54) is 30.8 Å². The second-order valence-corrected chi connectivity index (χ2v) is 5.15. The van der Waals surface area contributed by atoms with E-state index >= 15 is 0 Å². The molecule has 0 radical (unpaired) electrons. The maximum atomic E-state index is 5.97. The molecule has 3 heteroatoms. The average molecular weight is 205 g/mol. The molecule has 2 atom stereocenters. The second kappa shape index (κ2) is 3.34. The molecule has 1 fully saturated rings. The molecular formula is C12H19N3. The quantitative estimate of drug-likeness (QED) is 0.798. The Balaban J connectivity index is 1.85. The normalized spacial score (nSPS) is 27.5. The predicted molar refractivity (Wildman–Crippen MR) is 59.7 cm³/mol. The van der Waals surface area contributed by atoms with E-state index in [0.29, 0.717) is 12.0 Å². The van der Waals surface area contributed by atoms with Crippen molar-refractivity contribution in [1.29, 1.82) is 0 Å². The summed E-state index contributed by atoms with van der Waals surface area (Å²) in [7, 11) is 0. The van der Waals surface area contributed by atoms with E-state index in [9.17, 15) is 0 Å². The van der Waals surface area contributed by atoms with Gasteiger partial charge in [0.1, 0.15) is 5.82 Å². The molecule has 1 aliphatic heterocycles. The lowest BCUT2D eigenvalue weighted by Gasteiger charge is -2.27. The number of aromatic nitrogens is 2. The smallest absolute Gasteiger partial charge is 0.111 e. The van der Waals surface area contributed by atoms with Gasteiger partial charge in [-0.1, -0.05) is 0 Å². The molecule has 3 nitrogen and oxygen atoms in total. The van der Waals surface area contributed by atoms with Crippen molar-refractivity contribution in [3.63, 3.8) is 0 Å². The molecule has 2 N–H and O–H groups in total. The topological polar surface area (TPSA) is 43.8 Å². The molecule has 1 aliphatic carbocycles. The minimum atomic E-state index is 0.318. The van der Waals surface area contributed by atoms with Gasteiger partial charge in [0, 0.05) is 30.4 Å². The van der Waals surface area contributed by atoms with Crippen molar-refractivity contribution in [2.45, 2.75) is 51.1 Å². The average Bonchev–Trinajstić information content (AvgIpc) is 2.98. The SMILES string of the molecule is CC(N)C1CCn2c(cnc2C2CC2)C1. The zero-order valence-corrected chi connectivity index (χ0v) is 9.32. The third-order valence-corrected chi connectivity index (χ3v) is 3.85. The molecule has 82 valence electrons. The highest BCUT2D eigenvalue weighted by Gasteiger charge is 2.31. The number of nitrogens with zero attached hydrogens (tertiary/aromatic N) is 2. The van der Waals surface area contributed by atoms with Gasteiger partial charge in [0.2, 0.25) is 0 Å². The minimum absolute atomic E-state index is 0.318. The molecule has 1 aromatic rings. The lowest BCUT2D eigenvalue weighted by molar-refractivity contribution is 0.339. The molecule has 0 aromatic carbocycles. The van der Waals surface area contributed by atoms with Crippen LogP contribution in [0.2, 0.25) is 0 Å². The van der Waals surface area contributed by atoms with Gasteiger partial charge in [0.05, 0.1) is 0 Å². The van der Waals surface area contributed by atoms with Gasteiger partial charge in [-0.25, -0.2) is 4.98 Å². The highest BCUT2D eigenvalue weighted by atomic mass is 15.1. The van der Waals surface area contributed by atoms with E-state index in [-0.39, 0.29) is 0 Å². The van der Waals surface area contributed by atoms with E-state index < -0.39 is 0 Å². The zero-order valence-electron chi connectivity index (χ0n) is 9.32. The molecule has 15 heavy (non-hydrogen) atoms. The molecule has 0 amide bonds. The van der Waals surface area contributed by atoms with Gasteiger partial charge in [-0.15, -0.1) is 0 Å². The molecule has 3 rings (SSSR count). The van der Waals surface area contributed by atoms with Crippen molar-refractivity contribution < 1.29 is 0 Å². The Kier molecular flexibility index (Phi) is 2.09. The van der Waals surface area contributed by atoms with Gasteiger partial charge >= 0.3 is 0 Å². The van der Waals surface area contributed by atoms with Gasteiger partial charge in [0.25, 0.3) is 0 Å². The standard InChI is InChI=1S/C12H19N3/c1-8(13)10-4-5-15-11(6-10)7-14-12(15)9-2-3-9/h7-10H,2-6,13H2,1H3. The molecule has 2 heterocycles. The van der Waals surface area contributed by atoms with Crippen LogP contribution >= 0.6 is 0 Å². The highest BCUT2D eigenvalue weighted by Crippen LogP contribution is 2.40. The number of rotatable bonds is 2. The van der Waals surface area contributed by atoms with Crippen LogP contribution in [0.4, 0.5) is 0 Å². The van der Waals surface area contributed by atoms with Crippen molar-refractivity contribution in [3.8, 4) is 0 Å². The van der Waals surface area contributed by atoms with Crippen molar-refractivity contribution in [3.05, 3.63) is 17.7 Å². The van der Waals surface area contributed by atoms with Gasteiger partial charge < -0.3 is 10.3 Å². The first-order chi connectivity index (χ1) is 7.25. The number of nitrogens with two attached hydrogens (primary N) is 1. The first-order valence-corrected chi connectivity index (χ1v) is 6.05. The summed E-state index contributed by atoms with van der Waals surface area (Å²) in [4.78, 5) is 4.58. The largest absolute Gasteiger partial charge is 0.332 e. The van der Waals surface area contributed by atoms with Crippen LogP contribution in [0.5, 0.6) is 0 Å². The van der Waals surface area contributed by atoms with Crippen LogP contribution in [0, 0.1) is 5.92 Å². The van der Waals surface area contributed by atoms with E-state index in [1.807, 2.05) is 0 Å². The van der Waals surface area contributed by atoms with Crippen molar-refractivity contribution in [2.75, 3.05) is 0 Å². The predicted octanol–water partition coefficient (Wildman–Crippen LogP) is 1.67. The number of hydrogen-bond donors (Lipinski definition) is 1. The summed E-state index contributed by atoms with van der Waals surface area (Å²) in [5.74, 6) is 2.76. The number of hydrogen-bond acceptors (Lipinski definition) is 2. The van der Waals surface area contributed by atoms with Crippen LogP contribution in [0.15, 0.2) is 6.20 Å². The van der Waals surface area contributed by atoms with Crippen LogP contribution in [0.25, 0.3) is 0 Å². The Labute approximate surface area is 90.7 Å². The molecular weight excluding hydrogens is 186 g/mol. The first-order valence-electron chi connectivity index (χ1n) is 6.05. The Bertz CT molecular complexity index is 363. The van der Waals surface area contributed by atoms with Gasteiger partial charge in [-0.3, -0.25) is 0 Å². The molecule has 2 aliphatic rings. The van der Waals surface area contributed by atoms with Gasteiger partial charge in [-0.2, -0.15) is 0 Å². The van der Waals surface area contributed by atoms with Crippen LogP contribution in [-0.2, 0) is 13.0 Å². The number of imidazole rings is 1. The fraction of sp³-hybridized carbons (Fsp3) is 0.750. The monoisotopic (exact) mass is 205 g/mol. The Morgan fingerprint density at radius 1 is 1.47 bits per heavy atom. The Morgan fingerprint density at radius 2 is 2.27 bits per heavy atom. The highest BCUT2D eigenvalue weighted by molar-refractivity contribution is 5.16. The second-order valence-electron chi connectivity index (χ2n) is 5.15. The van der Waals surface area contributed by atoms with Gasteiger partial charge in [-0.05, 0) is 38.5 Å². The van der Waals surface area contributed by atoms with Crippen LogP contribution in [-0.4, -0.2) is 15.6 Å². The maximum Gasteiger partial charge on any atom is 0.111 e. The molecule has 0 spiro atoms. The number of fused-ring (bicyclic) bond motifs is 1.